The number of aromatic amines is 1. The molecule has 134 valence electrons. The van der Waals surface area contributed by atoms with Gasteiger partial charge in [0.05, 0.1) is 24.1 Å². The molecule has 1 aromatic heterocycles. The largest absolute Gasteiger partial charge is 0.467 e. The van der Waals surface area contributed by atoms with Gasteiger partial charge in [0.25, 0.3) is 5.56 Å². The number of H-pyrrole nitrogens is 1. The molecule has 0 saturated carbocycles. The minimum atomic E-state index is -0.321. The van der Waals surface area contributed by atoms with E-state index in [1.165, 1.54) is 12.1 Å². The maximum atomic E-state index is 13.9. The number of halogens is 1. The monoisotopic (exact) mass is 355 g/mol. The Morgan fingerprint density at radius 2 is 2.12 bits per heavy atom. The van der Waals surface area contributed by atoms with Crippen LogP contribution in [-0.4, -0.2) is 28.7 Å². The highest BCUT2D eigenvalue weighted by Crippen LogP contribution is 2.30. The van der Waals surface area contributed by atoms with Crippen molar-refractivity contribution in [3.63, 3.8) is 0 Å². The molecule has 0 unspecified atom stereocenters. The first-order chi connectivity index (χ1) is 12.6. The summed E-state index contributed by atoms with van der Waals surface area (Å²) in [6, 6.07) is 10.1. The average Bonchev–Trinajstić information content (AvgIpc) is 2.61. The lowest BCUT2D eigenvalue weighted by Crippen LogP contribution is -2.23. The summed E-state index contributed by atoms with van der Waals surface area (Å²) >= 11 is 0. The molecule has 3 aromatic rings. The summed E-state index contributed by atoms with van der Waals surface area (Å²) in [6.45, 7) is 1.37. The van der Waals surface area contributed by atoms with Crippen molar-refractivity contribution in [3.05, 3.63) is 69.5 Å². The second-order valence-corrected chi connectivity index (χ2v) is 6.37. The maximum Gasteiger partial charge on any atom is 0.258 e. The Morgan fingerprint density at radius 3 is 3.00 bits per heavy atom. The molecule has 0 fully saturated rings. The third-order valence-electron chi connectivity index (χ3n) is 4.27. The van der Waals surface area contributed by atoms with Crippen LogP contribution in [0.2, 0.25) is 0 Å². The van der Waals surface area contributed by atoms with Crippen molar-refractivity contribution in [1.82, 2.24) is 14.9 Å². The second-order valence-electron chi connectivity index (χ2n) is 6.37. The van der Waals surface area contributed by atoms with E-state index in [1.807, 2.05) is 30.1 Å². The zero-order chi connectivity index (χ0) is 18.1. The van der Waals surface area contributed by atoms with Gasteiger partial charge < -0.3 is 14.5 Å². The molecule has 7 heteroatoms. The molecule has 0 radical (unpaired) electrons. The minimum Gasteiger partial charge on any atom is -0.467 e. The topological polar surface area (TPSA) is 67.5 Å². The summed E-state index contributed by atoms with van der Waals surface area (Å²) < 4.78 is 24.6. The molecule has 0 atom stereocenters. The molecule has 0 spiro atoms. The van der Waals surface area contributed by atoms with Crippen LogP contribution in [0.15, 0.2) is 41.2 Å². The number of fused-ring (bicyclic) bond motifs is 2. The van der Waals surface area contributed by atoms with Gasteiger partial charge in [0.1, 0.15) is 17.4 Å². The van der Waals surface area contributed by atoms with E-state index >= 15 is 0 Å². The predicted molar refractivity (Wildman–Crippen MR) is 94.2 cm³/mol. The third kappa shape index (κ3) is 3.31. The van der Waals surface area contributed by atoms with Crippen molar-refractivity contribution in [3.8, 4) is 5.75 Å². The van der Waals surface area contributed by atoms with Gasteiger partial charge in [-0.2, -0.15) is 0 Å². The van der Waals surface area contributed by atoms with E-state index in [9.17, 15) is 9.18 Å². The molecule has 1 aliphatic rings. The fourth-order valence-electron chi connectivity index (χ4n) is 3.19. The Labute approximate surface area is 149 Å². The van der Waals surface area contributed by atoms with Crippen molar-refractivity contribution in [2.24, 2.45) is 0 Å². The Balaban J connectivity index is 1.57. The smallest absolute Gasteiger partial charge is 0.258 e. The van der Waals surface area contributed by atoms with Crippen LogP contribution in [0.4, 0.5) is 4.39 Å². The highest BCUT2D eigenvalue weighted by Gasteiger charge is 2.18. The first-order valence-electron chi connectivity index (χ1n) is 8.28. The van der Waals surface area contributed by atoms with Crippen molar-refractivity contribution < 1.29 is 13.9 Å². The first-order valence-corrected chi connectivity index (χ1v) is 8.28. The third-order valence-corrected chi connectivity index (χ3v) is 4.27. The number of aromatic nitrogens is 2. The van der Waals surface area contributed by atoms with Gasteiger partial charge in [-0.25, -0.2) is 9.37 Å². The van der Waals surface area contributed by atoms with Gasteiger partial charge in [-0.1, -0.05) is 12.1 Å². The number of hydrogen-bond donors (Lipinski definition) is 1. The van der Waals surface area contributed by atoms with Crippen LogP contribution in [0.5, 0.6) is 5.75 Å². The normalized spacial score (nSPS) is 13.7. The van der Waals surface area contributed by atoms with Gasteiger partial charge in [-0.05, 0) is 31.3 Å². The minimum absolute atomic E-state index is 0.162. The summed E-state index contributed by atoms with van der Waals surface area (Å²) in [5.74, 6) is 0.911. The highest BCUT2D eigenvalue weighted by atomic mass is 19.1. The molecule has 2 heterocycles. The lowest BCUT2D eigenvalue weighted by Gasteiger charge is -2.23. The van der Waals surface area contributed by atoms with Crippen LogP contribution in [0.25, 0.3) is 10.9 Å². The first kappa shape index (κ1) is 16.7. The molecule has 1 N–H and O–H groups in total. The van der Waals surface area contributed by atoms with E-state index in [4.69, 9.17) is 9.47 Å². The zero-order valence-electron chi connectivity index (χ0n) is 14.3. The fraction of sp³-hybridized carbons (Fsp3) is 0.263. The van der Waals surface area contributed by atoms with E-state index < -0.39 is 0 Å². The summed E-state index contributed by atoms with van der Waals surface area (Å²) in [7, 11) is 1.88. The summed E-state index contributed by atoms with van der Waals surface area (Å²) in [5.41, 5.74) is 1.94. The Morgan fingerprint density at radius 1 is 1.27 bits per heavy atom. The molecule has 6 nitrogen and oxygen atoms in total. The number of hydrogen-bond acceptors (Lipinski definition) is 5. The molecule has 1 aliphatic heterocycles. The highest BCUT2D eigenvalue weighted by molar-refractivity contribution is 5.77. The second kappa shape index (κ2) is 6.86. The molecule has 0 aliphatic carbocycles. The quantitative estimate of drug-likeness (QED) is 0.779. The molecular formula is C19H18FN3O3. The number of nitrogens with one attached hydrogen (secondary N) is 1. The summed E-state index contributed by atoms with van der Waals surface area (Å²) in [5, 5.41) is 0.562. The van der Waals surface area contributed by atoms with Gasteiger partial charge in [0.15, 0.2) is 6.79 Å². The van der Waals surface area contributed by atoms with Crippen LogP contribution in [0, 0.1) is 5.82 Å². The van der Waals surface area contributed by atoms with E-state index in [0.29, 0.717) is 47.7 Å². The van der Waals surface area contributed by atoms with E-state index in [-0.39, 0.29) is 18.2 Å². The van der Waals surface area contributed by atoms with Crippen LogP contribution in [0.1, 0.15) is 17.0 Å². The predicted octanol–water partition coefficient (Wildman–Crippen LogP) is 2.56. The van der Waals surface area contributed by atoms with Gasteiger partial charge in [0, 0.05) is 17.7 Å². The van der Waals surface area contributed by atoms with Gasteiger partial charge >= 0.3 is 0 Å². The molecule has 2 aromatic carbocycles. The standard InChI is InChI=1S/C19H18FN3O3/c1-23(8-12-6-14(20)7-13-10-25-11-26-18(12)13)9-17-21-16-5-3-2-4-15(16)19(24)22-17/h2-7H,8-11H2,1H3,(H,21,22,24). The summed E-state index contributed by atoms with van der Waals surface area (Å²) in [6.07, 6.45) is 0. The Kier molecular flexibility index (Phi) is 4.40. The summed E-state index contributed by atoms with van der Waals surface area (Å²) in [4.78, 5) is 21.4. The molecule has 26 heavy (non-hydrogen) atoms. The molecule has 0 bridgehead atoms. The maximum absolute atomic E-state index is 13.9. The average molecular weight is 355 g/mol. The van der Waals surface area contributed by atoms with E-state index in [1.54, 1.807) is 6.07 Å². The van der Waals surface area contributed by atoms with Crippen molar-refractivity contribution in [2.45, 2.75) is 19.7 Å². The Bertz CT molecular complexity index is 1020. The van der Waals surface area contributed by atoms with Gasteiger partial charge in [0.2, 0.25) is 0 Å². The zero-order valence-corrected chi connectivity index (χ0v) is 14.3. The van der Waals surface area contributed by atoms with Gasteiger partial charge in [-0.15, -0.1) is 0 Å². The molecular weight excluding hydrogens is 337 g/mol. The van der Waals surface area contributed by atoms with Crippen LogP contribution in [0.3, 0.4) is 0 Å². The van der Waals surface area contributed by atoms with E-state index in [0.717, 1.165) is 5.56 Å². The van der Waals surface area contributed by atoms with Crippen LogP contribution < -0.4 is 10.3 Å². The lowest BCUT2D eigenvalue weighted by atomic mass is 10.1. The number of benzene rings is 2. The van der Waals surface area contributed by atoms with Crippen molar-refractivity contribution in [2.75, 3.05) is 13.8 Å². The number of ether oxygens (including phenoxy) is 2. The van der Waals surface area contributed by atoms with Crippen LogP contribution in [-0.2, 0) is 24.4 Å². The molecule has 0 amide bonds. The van der Waals surface area contributed by atoms with Gasteiger partial charge in [-0.3, -0.25) is 9.69 Å². The van der Waals surface area contributed by atoms with Crippen molar-refractivity contribution >= 4 is 10.9 Å². The van der Waals surface area contributed by atoms with Crippen LogP contribution >= 0.6 is 0 Å². The number of rotatable bonds is 4. The fourth-order valence-corrected chi connectivity index (χ4v) is 3.19. The lowest BCUT2D eigenvalue weighted by molar-refractivity contribution is -0.0176. The Hall–Kier alpha value is -2.77. The SMILES string of the molecule is CN(Cc1nc2ccccc2c(=O)[nH]1)Cc1cc(F)cc2c1OCOC2. The van der Waals surface area contributed by atoms with E-state index in [2.05, 4.69) is 9.97 Å². The number of para-hydroxylation sites is 1. The van der Waals surface area contributed by atoms with Crippen molar-refractivity contribution in [1.29, 1.82) is 0 Å². The molecule has 4 rings (SSSR count). The number of nitrogens with zero attached hydrogens (tertiary/aromatic N) is 2. The molecule has 0 saturated heterocycles.